The van der Waals surface area contributed by atoms with Crippen LogP contribution in [-0.4, -0.2) is 44.0 Å². The first-order chi connectivity index (χ1) is 7.84. The molecule has 0 saturated carbocycles. The summed E-state index contributed by atoms with van der Waals surface area (Å²) in [7, 11) is 3.03. The quantitative estimate of drug-likeness (QED) is 0.690. The third kappa shape index (κ3) is 4.73. The molecule has 2 atom stereocenters. The van der Waals surface area contributed by atoms with Gasteiger partial charge >= 0.3 is 5.97 Å². The fourth-order valence-electron chi connectivity index (χ4n) is 1.72. The lowest BCUT2D eigenvalue weighted by Crippen LogP contribution is -2.42. The van der Waals surface area contributed by atoms with E-state index >= 15 is 0 Å². The minimum Gasteiger partial charge on any atom is -0.469 e. The second-order valence-corrected chi connectivity index (χ2v) is 4.73. The topological polar surface area (TPSA) is 72.6 Å². The molecule has 100 valence electrons. The van der Waals surface area contributed by atoms with Crippen molar-refractivity contribution in [1.29, 1.82) is 0 Å². The highest BCUT2D eigenvalue weighted by atomic mass is 16.5. The third-order valence-electron chi connectivity index (χ3n) is 2.90. The summed E-state index contributed by atoms with van der Waals surface area (Å²) in [6, 6.07) is 0. The highest BCUT2D eigenvalue weighted by molar-refractivity contribution is 5.80. The van der Waals surface area contributed by atoms with Crippen LogP contribution in [0.4, 0.5) is 0 Å². The first kappa shape index (κ1) is 15.9. The second-order valence-electron chi connectivity index (χ2n) is 4.73. The first-order valence-corrected chi connectivity index (χ1v) is 5.88. The van der Waals surface area contributed by atoms with Crippen LogP contribution in [0.3, 0.4) is 0 Å². The number of ether oxygens (including phenoxy) is 1. The predicted octanol–water partition coefficient (Wildman–Crippen LogP) is 0.485. The Kier molecular flexibility index (Phi) is 6.80. The van der Waals surface area contributed by atoms with Crippen molar-refractivity contribution in [3.63, 3.8) is 0 Å². The minimum absolute atomic E-state index is 0.0155. The molecule has 0 aliphatic heterocycles. The fraction of sp³-hybridized carbons (Fsp3) is 0.833. The Morgan fingerprint density at radius 2 is 1.82 bits per heavy atom. The van der Waals surface area contributed by atoms with Gasteiger partial charge in [0.15, 0.2) is 0 Å². The van der Waals surface area contributed by atoms with Gasteiger partial charge in [0.1, 0.15) is 0 Å². The van der Waals surface area contributed by atoms with E-state index in [-0.39, 0.29) is 29.6 Å². The van der Waals surface area contributed by atoms with Crippen LogP contribution in [0.2, 0.25) is 0 Å². The molecular weight excluding hydrogens is 220 g/mol. The van der Waals surface area contributed by atoms with Crippen molar-refractivity contribution in [1.82, 2.24) is 4.90 Å². The van der Waals surface area contributed by atoms with Crippen LogP contribution in [0.5, 0.6) is 0 Å². The standard InChI is InChI=1S/C12H24N2O3/c1-8(2)10(6-13)11(15)14(4)7-9(3)12(16)17-5/h8-10H,6-7,13H2,1-5H3. The Balaban J connectivity index is 4.45. The average molecular weight is 244 g/mol. The van der Waals surface area contributed by atoms with E-state index in [1.807, 2.05) is 13.8 Å². The van der Waals surface area contributed by atoms with Crippen molar-refractivity contribution in [2.24, 2.45) is 23.5 Å². The Morgan fingerprint density at radius 1 is 1.29 bits per heavy atom. The summed E-state index contributed by atoms with van der Waals surface area (Å²) >= 11 is 0. The molecule has 0 fully saturated rings. The molecule has 0 aliphatic carbocycles. The lowest BCUT2D eigenvalue weighted by molar-refractivity contribution is -0.146. The van der Waals surface area contributed by atoms with Gasteiger partial charge in [-0.1, -0.05) is 20.8 Å². The maximum Gasteiger partial charge on any atom is 0.310 e. The maximum absolute atomic E-state index is 12.1. The lowest BCUT2D eigenvalue weighted by atomic mass is 9.94. The zero-order chi connectivity index (χ0) is 13.6. The molecule has 0 aliphatic rings. The van der Waals surface area contributed by atoms with Crippen LogP contribution in [0.1, 0.15) is 20.8 Å². The number of rotatable bonds is 6. The van der Waals surface area contributed by atoms with Crippen molar-refractivity contribution in [2.45, 2.75) is 20.8 Å². The smallest absolute Gasteiger partial charge is 0.310 e. The molecule has 0 aromatic carbocycles. The molecule has 5 heteroatoms. The number of hydrogen-bond donors (Lipinski definition) is 1. The molecule has 0 saturated heterocycles. The molecule has 1 amide bonds. The Bertz CT molecular complexity index is 266. The fourth-order valence-corrected chi connectivity index (χ4v) is 1.72. The molecule has 0 spiro atoms. The molecule has 0 rings (SSSR count). The van der Waals surface area contributed by atoms with E-state index in [1.54, 1.807) is 18.9 Å². The number of nitrogens with zero attached hydrogens (tertiary/aromatic N) is 1. The zero-order valence-corrected chi connectivity index (χ0v) is 11.4. The predicted molar refractivity (Wildman–Crippen MR) is 66.2 cm³/mol. The van der Waals surface area contributed by atoms with E-state index in [0.717, 1.165) is 0 Å². The van der Waals surface area contributed by atoms with Crippen LogP contribution in [0, 0.1) is 17.8 Å². The van der Waals surface area contributed by atoms with E-state index in [4.69, 9.17) is 5.73 Å². The number of amides is 1. The number of carbonyl (C=O) groups is 2. The van der Waals surface area contributed by atoms with Gasteiger partial charge in [0.2, 0.25) is 5.91 Å². The molecule has 5 nitrogen and oxygen atoms in total. The number of methoxy groups -OCH3 is 1. The summed E-state index contributed by atoms with van der Waals surface area (Å²) < 4.78 is 4.63. The van der Waals surface area contributed by atoms with Gasteiger partial charge in [0.25, 0.3) is 0 Å². The van der Waals surface area contributed by atoms with Gasteiger partial charge in [0, 0.05) is 20.1 Å². The Morgan fingerprint density at radius 3 is 2.18 bits per heavy atom. The van der Waals surface area contributed by atoms with Crippen LogP contribution >= 0.6 is 0 Å². The van der Waals surface area contributed by atoms with Crippen molar-refractivity contribution >= 4 is 11.9 Å². The van der Waals surface area contributed by atoms with Gasteiger partial charge in [-0.25, -0.2) is 0 Å². The normalized spacial score (nSPS) is 14.3. The molecule has 17 heavy (non-hydrogen) atoms. The third-order valence-corrected chi connectivity index (χ3v) is 2.90. The molecule has 0 radical (unpaired) electrons. The van der Waals surface area contributed by atoms with E-state index in [0.29, 0.717) is 13.1 Å². The number of hydrogen-bond acceptors (Lipinski definition) is 4. The second kappa shape index (κ2) is 7.27. The number of nitrogens with two attached hydrogens (primary N) is 1. The van der Waals surface area contributed by atoms with Gasteiger partial charge in [-0.15, -0.1) is 0 Å². The number of carbonyl (C=O) groups excluding carboxylic acids is 2. The van der Waals surface area contributed by atoms with Crippen LogP contribution < -0.4 is 5.73 Å². The van der Waals surface area contributed by atoms with Gasteiger partial charge in [0.05, 0.1) is 18.9 Å². The van der Waals surface area contributed by atoms with Crippen molar-refractivity contribution in [3.05, 3.63) is 0 Å². The molecule has 0 bridgehead atoms. The molecule has 2 unspecified atom stereocenters. The Labute approximate surface area is 103 Å². The summed E-state index contributed by atoms with van der Waals surface area (Å²) in [5.41, 5.74) is 5.59. The van der Waals surface area contributed by atoms with Gasteiger partial charge < -0.3 is 15.4 Å². The zero-order valence-electron chi connectivity index (χ0n) is 11.4. The number of esters is 1. The van der Waals surface area contributed by atoms with E-state index in [2.05, 4.69) is 4.74 Å². The van der Waals surface area contributed by atoms with Crippen molar-refractivity contribution < 1.29 is 14.3 Å². The van der Waals surface area contributed by atoms with Gasteiger partial charge in [-0.05, 0) is 5.92 Å². The highest BCUT2D eigenvalue weighted by Gasteiger charge is 2.26. The summed E-state index contributed by atoms with van der Waals surface area (Å²) in [4.78, 5) is 24.9. The van der Waals surface area contributed by atoms with Gasteiger partial charge in [-0.3, -0.25) is 9.59 Å². The SMILES string of the molecule is COC(=O)C(C)CN(C)C(=O)C(CN)C(C)C. The average Bonchev–Trinajstić information content (AvgIpc) is 2.27. The van der Waals surface area contributed by atoms with E-state index < -0.39 is 0 Å². The van der Waals surface area contributed by atoms with Gasteiger partial charge in [-0.2, -0.15) is 0 Å². The summed E-state index contributed by atoms with van der Waals surface area (Å²) in [5.74, 6) is -0.635. The maximum atomic E-state index is 12.1. The van der Waals surface area contributed by atoms with E-state index in [9.17, 15) is 9.59 Å². The highest BCUT2D eigenvalue weighted by Crippen LogP contribution is 2.13. The van der Waals surface area contributed by atoms with Crippen molar-refractivity contribution in [3.8, 4) is 0 Å². The molecule has 2 N–H and O–H groups in total. The monoisotopic (exact) mass is 244 g/mol. The molecule has 0 heterocycles. The molecule has 0 aromatic rings. The summed E-state index contributed by atoms with van der Waals surface area (Å²) in [6.07, 6.45) is 0. The van der Waals surface area contributed by atoms with Crippen LogP contribution in [0.15, 0.2) is 0 Å². The van der Waals surface area contributed by atoms with Crippen LogP contribution in [0.25, 0.3) is 0 Å². The largest absolute Gasteiger partial charge is 0.469 e. The lowest BCUT2D eigenvalue weighted by Gasteiger charge is -2.26. The minimum atomic E-state index is -0.320. The molecular formula is C12H24N2O3. The van der Waals surface area contributed by atoms with Crippen LogP contribution in [-0.2, 0) is 14.3 Å². The Hall–Kier alpha value is -1.10. The van der Waals surface area contributed by atoms with Crippen molar-refractivity contribution in [2.75, 3.05) is 27.2 Å². The summed E-state index contributed by atoms with van der Waals surface area (Å²) in [6.45, 7) is 6.35. The molecule has 0 aromatic heterocycles. The summed E-state index contributed by atoms with van der Waals surface area (Å²) in [5, 5.41) is 0. The first-order valence-electron chi connectivity index (χ1n) is 5.88. The van der Waals surface area contributed by atoms with E-state index in [1.165, 1.54) is 7.11 Å².